The number of aromatic nitrogens is 1. The van der Waals surface area contributed by atoms with E-state index in [1.54, 1.807) is 13.2 Å². The second kappa shape index (κ2) is 18.1. The van der Waals surface area contributed by atoms with Gasteiger partial charge in [0.2, 0.25) is 0 Å². The van der Waals surface area contributed by atoms with Crippen LogP contribution in [0.5, 0.6) is 0 Å². The molecule has 0 unspecified atom stereocenters. The number of nitrogens with two attached hydrogens (primary N) is 1. The first-order chi connectivity index (χ1) is 18.6. The molecular formula is C33H49N5O. The molecule has 1 aliphatic carbocycles. The molecule has 0 spiro atoms. The summed E-state index contributed by atoms with van der Waals surface area (Å²) in [7, 11) is 1.67. The SMILES string of the molecule is C#CN=[N+]=[N-].C=C(Cc1c(C)c(C)nc(C(C)C)c1C)OC.Cc1ccc(CCC2CCC(CN)CC2)cc1. The van der Waals surface area contributed by atoms with Gasteiger partial charge in [-0.1, -0.05) is 63.1 Å². The van der Waals surface area contributed by atoms with Gasteiger partial charge in [0.25, 0.3) is 0 Å². The molecular weight excluding hydrogens is 482 g/mol. The Kier molecular flexibility index (Phi) is 15.7. The highest BCUT2D eigenvalue weighted by atomic mass is 16.5. The zero-order valence-corrected chi connectivity index (χ0v) is 25.3. The Bertz CT molecular complexity index is 1120. The van der Waals surface area contributed by atoms with Crippen LogP contribution >= 0.6 is 0 Å². The molecule has 1 aromatic carbocycles. The predicted octanol–water partition coefficient (Wildman–Crippen LogP) is 8.41. The van der Waals surface area contributed by atoms with Crippen molar-refractivity contribution < 1.29 is 4.74 Å². The Hall–Kier alpha value is -3.26. The van der Waals surface area contributed by atoms with Crippen molar-refractivity contribution in [1.29, 1.82) is 0 Å². The van der Waals surface area contributed by atoms with E-state index >= 15 is 0 Å². The van der Waals surface area contributed by atoms with Gasteiger partial charge in [0.05, 0.1) is 12.9 Å². The maximum Gasteiger partial charge on any atom is 0.0927 e. The highest BCUT2D eigenvalue weighted by molar-refractivity contribution is 5.41. The number of methoxy groups -OCH3 is 1. The van der Waals surface area contributed by atoms with Gasteiger partial charge in [0.1, 0.15) is 0 Å². The number of nitrogens with zero attached hydrogens (tertiary/aromatic N) is 4. The molecule has 1 saturated carbocycles. The highest BCUT2D eigenvalue weighted by Crippen LogP contribution is 2.31. The monoisotopic (exact) mass is 531 g/mol. The normalized spacial score (nSPS) is 16.0. The minimum atomic E-state index is 0.448. The van der Waals surface area contributed by atoms with Crippen molar-refractivity contribution in [2.24, 2.45) is 22.7 Å². The van der Waals surface area contributed by atoms with Gasteiger partial charge < -0.3 is 10.5 Å². The number of hydrogen-bond donors (Lipinski definition) is 1. The molecule has 1 heterocycles. The number of azide groups is 1. The fourth-order valence-electron chi connectivity index (χ4n) is 5.01. The van der Waals surface area contributed by atoms with Crippen molar-refractivity contribution >= 4 is 0 Å². The van der Waals surface area contributed by atoms with Crippen LogP contribution in [0.4, 0.5) is 0 Å². The molecule has 2 N–H and O–H groups in total. The van der Waals surface area contributed by atoms with Crippen molar-refractivity contribution in [3.05, 3.63) is 86.3 Å². The van der Waals surface area contributed by atoms with Crippen molar-refractivity contribution in [1.82, 2.24) is 4.98 Å². The number of ether oxygens (including phenoxy) is 1. The number of rotatable bonds is 8. The minimum absolute atomic E-state index is 0.448. The highest BCUT2D eigenvalue weighted by Gasteiger charge is 2.19. The number of allylic oxidation sites excluding steroid dienone is 1. The van der Waals surface area contributed by atoms with Crippen molar-refractivity contribution in [2.45, 2.75) is 92.4 Å². The fraction of sp³-hybridized carbons (Fsp3) is 0.545. The Morgan fingerprint density at radius 1 is 1.13 bits per heavy atom. The molecule has 0 radical (unpaired) electrons. The summed E-state index contributed by atoms with van der Waals surface area (Å²) in [6.45, 7) is 17.7. The van der Waals surface area contributed by atoms with E-state index in [0.717, 1.165) is 36.3 Å². The molecule has 212 valence electrons. The third-order valence-electron chi connectivity index (χ3n) is 7.69. The molecule has 1 aromatic heterocycles. The third kappa shape index (κ3) is 12.0. The van der Waals surface area contributed by atoms with Gasteiger partial charge in [-0.25, -0.2) is 0 Å². The molecule has 0 amide bonds. The standard InChI is InChI=1S/C16H25N.C15H23NO.C2HN3/c1-13-2-4-14(5-3-13)6-7-15-8-10-16(12-17)11-9-15;1-9(2)15-12(5)14(8-10(3)17-7)11(4)13(6)16-15;1-2-4-5-3/h2-5,15-16H,6-12,17H2,1H3;9H,3,8H2,1-2,4-7H3;1H. The molecule has 6 heteroatoms. The summed E-state index contributed by atoms with van der Waals surface area (Å²) in [4.78, 5) is 6.94. The van der Waals surface area contributed by atoms with Crippen LogP contribution in [0.1, 0.15) is 91.1 Å². The predicted molar refractivity (Wildman–Crippen MR) is 164 cm³/mol. The van der Waals surface area contributed by atoms with Crippen LogP contribution in [0.2, 0.25) is 0 Å². The number of hydrogen-bond acceptors (Lipinski definition) is 4. The average molecular weight is 532 g/mol. The largest absolute Gasteiger partial charge is 0.501 e. The minimum Gasteiger partial charge on any atom is -0.501 e. The first kappa shape index (κ1) is 33.8. The van der Waals surface area contributed by atoms with Crippen LogP contribution in [0.25, 0.3) is 10.4 Å². The van der Waals surface area contributed by atoms with Crippen molar-refractivity contribution in [3.8, 4) is 12.5 Å². The Morgan fingerprint density at radius 2 is 1.72 bits per heavy atom. The molecule has 3 rings (SSSR count). The Labute approximate surface area is 237 Å². The van der Waals surface area contributed by atoms with Crippen molar-refractivity contribution in [3.63, 3.8) is 0 Å². The van der Waals surface area contributed by atoms with Gasteiger partial charge in [-0.15, -0.1) is 6.42 Å². The Balaban J connectivity index is 0.000000333. The molecule has 1 fully saturated rings. The molecule has 0 bridgehead atoms. The maximum absolute atomic E-state index is 7.38. The van der Waals surface area contributed by atoms with E-state index in [9.17, 15) is 0 Å². The molecule has 1 aliphatic rings. The van der Waals surface area contributed by atoms with Gasteiger partial charge in [-0.3, -0.25) is 4.98 Å². The lowest BCUT2D eigenvalue weighted by molar-refractivity contribution is 0.268. The summed E-state index contributed by atoms with van der Waals surface area (Å²) in [6.07, 6.45) is 13.4. The summed E-state index contributed by atoms with van der Waals surface area (Å²) in [5, 5.41) is 2.68. The fourth-order valence-corrected chi connectivity index (χ4v) is 5.01. The third-order valence-corrected chi connectivity index (χ3v) is 7.69. The van der Waals surface area contributed by atoms with Gasteiger partial charge in [0.15, 0.2) is 0 Å². The topological polar surface area (TPSA) is 96.9 Å². The number of benzene rings is 1. The van der Waals surface area contributed by atoms with E-state index in [0.29, 0.717) is 5.92 Å². The van der Waals surface area contributed by atoms with Gasteiger partial charge in [-0.2, -0.15) is 0 Å². The quantitative estimate of drug-likeness (QED) is 0.122. The van der Waals surface area contributed by atoms with Gasteiger partial charge in [0, 0.05) is 22.7 Å². The molecule has 6 nitrogen and oxygen atoms in total. The zero-order valence-electron chi connectivity index (χ0n) is 25.3. The van der Waals surface area contributed by atoms with Gasteiger partial charge in [-0.05, 0) is 117 Å². The van der Waals surface area contributed by atoms with Crippen molar-refractivity contribution in [2.75, 3.05) is 13.7 Å². The molecule has 0 atom stereocenters. The number of pyridine rings is 1. The summed E-state index contributed by atoms with van der Waals surface area (Å²) in [6, 6.07) is 10.7. The van der Waals surface area contributed by atoms with Crippen LogP contribution in [0, 0.1) is 52.0 Å². The second-order valence-corrected chi connectivity index (χ2v) is 10.9. The van der Waals surface area contributed by atoms with Crippen LogP contribution in [0.15, 0.2) is 41.7 Å². The smallest absolute Gasteiger partial charge is 0.0927 e. The average Bonchev–Trinajstić information content (AvgIpc) is 2.94. The summed E-state index contributed by atoms with van der Waals surface area (Å²) >= 11 is 0. The number of terminal acetylenes is 1. The van der Waals surface area contributed by atoms with Crippen LogP contribution in [-0.2, 0) is 17.6 Å². The van der Waals surface area contributed by atoms with Crippen LogP contribution < -0.4 is 5.73 Å². The lowest BCUT2D eigenvalue weighted by atomic mass is 9.79. The van der Waals surface area contributed by atoms with E-state index in [1.165, 1.54) is 72.0 Å². The van der Waals surface area contributed by atoms with Crippen LogP contribution in [-0.4, -0.2) is 18.6 Å². The summed E-state index contributed by atoms with van der Waals surface area (Å²) in [5.74, 6) is 3.00. The van der Waals surface area contributed by atoms with E-state index in [-0.39, 0.29) is 0 Å². The lowest BCUT2D eigenvalue weighted by Crippen LogP contribution is -2.21. The number of aryl methyl sites for hydroxylation is 3. The molecule has 0 aliphatic heterocycles. The molecule has 0 saturated heterocycles. The zero-order chi connectivity index (χ0) is 29.4. The molecule has 39 heavy (non-hydrogen) atoms. The Morgan fingerprint density at radius 3 is 2.18 bits per heavy atom. The van der Waals surface area contributed by atoms with E-state index in [2.05, 4.69) is 88.8 Å². The second-order valence-electron chi connectivity index (χ2n) is 10.9. The van der Waals surface area contributed by atoms with E-state index in [4.69, 9.17) is 21.0 Å². The van der Waals surface area contributed by atoms with E-state index < -0.39 is 0 Å². The van der Waals surface area contributed by atoms with Crippen LogP contribution in [0.3, 0.4) is 0 Å². The summed E-state index contributed by atoms with van der Waals surface area (Å²) < 4.78 is 5.19. The maximum atomic E-state index is 7.38. The first-order valence-electron chi connectivity index (χ1n) is 14.0. The lowest BCUT2D eigenvalue weighted by Gasteiger charge is -2.27. The molecule has 2 aromatic rings. The first-order valence-corrected chi connectivity index (χ1v) is 14.0. The van der Waals surface area contributed by atoms with E-state index in [1.807, 2.05) is 0 Å². The summed E-state index contributed by atoms with van der Waals surface area (Å²) in [5.41, 5.74) is 22.1. The van der Waals surface area contributed by atoms with Gasteiger partial charge >= 0.3 is 0 Å².